The van der Waals surface area contributed by atoms with E-state index in [2.05, 4.69) is 16.5 Å². The van der Waals surface area contributed by atoms with Gasteiger partial charge in [0.05, 0.1) is 29.3 Å². The van der Waals surface area contributed by atoms with E-state index in [9.17, 15) is 44.8 Å². The number of halogens is 6. The maximum atomic E-state index is 12.8. The molecule has 0 radical (unpaired) electrons. The second-order valence-corrected chi connectivity index (χ2v) is 10.9. The number of nitriles is 1. The molecule has 1 aromatic heterocycles. The van der Waals surface area contributed by atoms with Gasteiger partial charge in [-0.25, -0.2) is 8.42 Å². The monoisotopic (exact) mass is 566 g/mol. The van der Waals surface area contributed by atoms with Crippen molar-refractivity contribution in [3.05, 3.63) is 36.0 Å². The summed E-state index contributed by atoms with van der Waals surface area (Å²) in [6.45, 7) is -0.207. The maximum absolute atomic E-state index is 12.8. The molecule has 1 fully saturated rings. The SMILES string of the molecule is CN(CCC(F)(F)F)C1CCC(n2cc(C(N)=O)c(Nc3ccc(S(=O)(=O)C(F)(F)F)cc3)n2)C(C#N)C1. The van der Waals surface area contributed by atoms with Crippen molar-refractivity contribution in [3.63, 3.8) is 0 Å². The zero-order valence-electron chi connectivity index (χ0n) is 19.9. The number of carbonyl (C=O) groups excluding carboxylic acids is 1. The Labute approximate surface area is 214 Å². The van der Waals surface area contributed by atoms with Crippen LogP contribution in [0.15, 0.2) is 35.4 Å². The quantitative estimate of drug-likeness (QED) is 0.459. The van der Waals surface area contributed by atoms with Crippen LogP contribution >= 0.6 is 0 Å². The number of aromatic nitrogens is 2. The second kappa shape index (κ2) is 10.8. The molecule has 1 amide bonds. The van der Waals surface area contributed by atoms with Crippen LogP contribution in [0.3, 0.4) is 0 Å². The van der Waals surface area contributed by atoms with Crippen molar-refractivity contribution in [1.82, 2.24) is 14.7 Å². The first kappa shape index (κ1) is 29.2. The molecule has 9 nitrogen and oxygen atoms in total. The number of rotatable bonds is 8. The van der Waals surface area contributed by atoms with E-state index in [1.807, 2.05) is 0 Å². The van der Waals surface area contributed by atoms with Crippen LogP contribution in [0, 0.1) is 17.2 Å². The van der Waals surface area contributed by atoms with Crippen molar-refractivity contribution in [2.45, 2.75) is 54.3 Å². The van der Waals surface area contributed by atoms with Crippen LogP contribution in [-0.2, 0) is 9.84 Å². The highest BCUT2D eigenvalue weighted by molar-refractivity contribution is 7.92. The van der Waals surface area contributed by atoms with Gasteiger partial charge in [-0.15, -0.1) is 0 Å². The number of anilines is 2. The van der Waals surface area contributed by atoms with Gasteiger partial charge in [0.2, 0.25) is 0 Å². The summed E-state index contributed by atoms with van der Waals surface area (Å²) in [6.07, 6.45) is -2.82. The molecule has 0 saturated heterocycles. The molecule has 3 unspecified atom stereocenters. The first-order chi connectivity index (χ1) is 17.5. The minimum atomic E-state index is -5.54. The fourth-order valence-corrected chi connectivity index (χ4v) is 5.06. The molecule has 208 valence electrons. The molecule has 1 saturated carbocycles. The minimum Gasteiger partial charge on any atom is -0.365 e. The van der Waals surface area contributed by atoms with Gasteiger partial charge in [0.25, 0.3) is 15.7 Å². The van der Waals surface area contributed by atoms with E-state index in [1.54, 1.807) is 11.9 Å². The molecule has 3 rings (SSSR count). The zero-order valence-corrected chi connectivity index (χ0v) is 20.7. The number of hydrogen-bond acceptors (Lipinski definition) is 7. The van der Waals surface area contributed by atoms with Crippen molar-refractivity contribution in [3.8, 4) is 6.07 Å². The number of benzene rings is 1. The van der Waals surface area contributed by atoms with E-state index in [0.717, 1.165) is 24.3 Å². The molecule has 1 heterocycles. The van der Waals surface area contributed by atoms with Crippen LogP contribution in [0.5, 0.6) is 0 Å². The Morgan fingerprint density at radius 2 is 1.84 bits per heavy atom. The van der Waals surface area contributed by atoms with Crippen LogP contribution in [0.25, 0.3) is 0 Å². The van der Waals surface area contributed by atoms with Crippen LogP contribution in [0.4, 0.5) is 37.8 Å². The molecule has 0 spiro atoms. The van der Waals surface area contributed by atoms with Crippen molar-refractivity contribution >= 4 is 27.2 Å². The van der Waals surface area contributed by atoms with Crippen molar-refractivity contribution in [2.75, 3.05) is 18.9 Å². The first-order valence-electron chi connectivity index (χ1n) is 11.3. The number of nitrogens with one attached hydrogen (secondary N) is 1. The Hall–Kier alpha value is -3.32. The normalized spacial score (nSPS) is 20.8. The molecular weight excluding hydrogens is 542 g/mol. The Balaban J connectivity index is 1.78. The summed E-state index contributed by atoms with van der Waals surface area (Å²) in [4.78, 5) is 12.6. The number of amides is 1. The number of primary amides is 1. The van der Waals surface area contributed by atoms with Crippen LogP contribution in [-0.4, -0.2) is 60.3 Å². The Kier molecular flexibility index (Phi) is 8.32. The van der Waals surface area contributed by atoms with E-state index in [4.69, 9.17) is 5.73 Å². The Morgan fingerprint density at radius 3 is 2.37 bits per heavy atom. The minimum absolute atomic E-state index is 0.0648. The van der Waals surface area contributed by atoms with E-state index in [1.165, 1.54) is 10.9 Å². The van der Waals surface area contributed by atoms with Gasteiger partial charge in [-0.05, 0) is 50.6 Å². The van der Waals surface area contributed by atoms with Gasteiger partial charge < -0.3 is 16.0 Å². The fourth-order valence-electron chi connectivity index (χ4n) is 4.30. The molecular formula is C22H24F6N6O3S. The topological polar surface area (TPSA) is 134 Å². The molecule has 3 N–H and O–H groups in total. The molecule has 16 heteroatoms. The molecule has 2 aromatic rings. The van der Waals surface area contributed by atoms with Gasteiger partial charge >= 0.3 is 11.7 Å². The van der Waals surface area contributed by atoms with Gasteiger partial charge in [-0.1, -0.05) is 0 Å². The van der Waals surface area contributed by atoms with E-state index in [0.29, 0.717) is 12.8 Å². The molecule has 1 aliphatic rings. The van der Waals surface area contributed by atoms with Crippen LogP contribution < -0.4 is 11.1 Å². The smallest absolute Gasteiger partial charge is 0.365 e. The van der Waals surface area contributed by atoms with Crippen LogP contribution in [0.2, 0.25) is 0 Å². The molecule has 3 atom stereocenters. The summed E-state index contributed by atoms with van der Waals surface area (Å²) < 4.78 is 101. The lowest BCUT2D eigenvalue weighted by Crippen LogP contribution is -2.40. The average Bonchev–Trinajstić information content (AvgIpc) is 3.25. The number of nitrogens with two attached hydrogens (primary N) is 1. The Bertz CT molecular complexity index is 1300. The maximum Gasteiger partial charge on any atom is 0.501 e. The predicted octanol–water partition coefficient (Wildman–Crippen LogP) is 4.14. The lowest BCUT2D eigenvalue weighted by atomic mass is 9.82. The molecule has 1 aromatic carbocycles. The number of hydrogen-bond donors (Lipinski definition) is 2. The van der Waals surface area contributed by atoms with E-state index in [-0.39, 0.29) is 36.1 Å². The summed E-state index contributed by atoms with van der Waals surface area (Å²) >= 11 is 0. The first-order valence-corrected chi connectivity index (χ1v) is 12.8. The summed E-state index contributed by atoms with van der Waals surface area (Å²) in [6, 6.07) is 4.99. The molecule has 38 heavy (non-hydrogen) atoms. The lowest BCUT2D eigenvalue weighted by molar-refractivity contribution is -0.138. The summed E-state index contributed by atoms with van der Waals surface area (Å²) in [5.74, 6) is -1.59. The standard InChI is InChI=1S/C22H24F6N6O3S/c1-33(9-8-21(23,24)25)15-4-7-18(13(10-15)11-29)34-12-17(19(30)35)20(32-34)31-14-2-5-16(6-3-14)38(36,37)22(26,27)28/h2-3,5-6,12-13,15,18H,4,7-10H2,1H3,(H2,30,35)(H,31,32). The fraction of sp³-hybridized carbons (Fsp3) is 0.500. The Morgan fingerprint density at radius 1 is 1.21 bits per heavy atom. The number of alkyl halides is 6. The molecule has 0 bridgehead atoms. The van der Waals surface area contributed by atoms with Crippen molar-refractivity contribution in [1.29, 1.82) is 5.26 Å². The number of nitrogens with zero attached hydrogens (tertiary/aromatic N) is 4. The van der Waals surface area contributed by atoms with Gasteiger partial charge in [0.15, 0.2) is 5.82 Å². The van der Waals surface area contributed by atoms with Gasteiger partial charge in [0.1, 0.15) is 5.56 Å². The van der Waals surface area contributed by atoms with Gasteiger partial charge in [-0.2, -0.15) is 36.7 Å². The van der Waals surface area contributed by atoms with E-state index >= 15 is 0 Å². The van der Waals surface area contributed by atoms with Crippen molar-refractivity contribution in [2.24, 2.45) is 11.7 Å². The zero-order chi connectivity index (χ0) is 28.5. The third-order valence-electron chi connectivity index (χ3n) is 6.39. The predicted molar refractivity (Wildman–Crippen MR) is 123 cm³/mol. The highest BCUT2D eigenvalue weighted by atomic mass is 32.2. The largest absolute Gasteiger partial charge is 0.501 e. The van der Waals surface area contributed by atoms with Gasteiger partial charge in [0, 0.05) is 24.5 Å². The third-order valence-corrected chi connectivity index (χ3v) is 7.89. The highest BCUT2D eigenvalue weighted by Gasteiger charge is 2.46. The second-order valence-electron chi connectivity index (χ2n) is 8.95. The summed E-state index contributed by atoms with van der Waals surface area (Å²) in [7, 11) is -3.97. The van der Waals surface area contributed by atoms with Crippen molar-refractivity contribution < 1.29 is 39.6 Å². The lowest BCUT2D eigenvalue weighted by Gasteiger charge is -2.37. The highest BCUT2D eigenvalue weighted by Crippen LogP contribution is 2.37. The number of sulfone groups is 1. The third kappa shape index (κ3) is 6.57. The average molecular weight is 567 g/mol. The summed E-state index contributed by atoms with van der Waals surface area (Å²) in [5.41, 5.74) is -0.000272. The molecule has 0 aliphatic heterocycles. The molecule has 1 aliphatic carbocycles. The van der Waals surface area contributed by atoms with E-state index < -0.39 is 50.7 Å². The van der Waals surface area contributed by atoms with Crippen LogP contribution in [0.1, 0.15) is 42.1 Å². The number of carbonyl (C=O) groups is 1. The summed E-state index contributed by atoms with van der Waals surface area (Å²) in [5, 5.41) is 16.7. The van der Waals surface area contributed by atoms with Gasteiger partial charge in [-0.3, -0.25) is 9.48 Å².